The molecule has 0 bridgehead atoms. The molecule has 22 heavy (non-hydrogen) atoms. The number of aliphatic carboxylic acids is 1. The molecule has 0 atom stereocenters. The Morgan fingerprint density at radius 3 is 2.64 bits per heavy atom. The van der Waals surface area contributed by atoms with Crippen LogP contribution in [-0.2, 0) is 4.79 Å². The number of nitrogens with zero attached hydrogens (tertiary/aromatic N) is 2. The van der Waals surface area contributed by atoms with Crippen LogP contribution in [0.3, 0.4) is 0 Å². The largest absolute Gasteiger partial charge is 0.491 e. The summed E-state index contributed by atoms with van der Waals surface area (Å²) in [4.78, 5) is 15.5. The molecule has 1 fully saturated rings. The lowest BCUT2D eigenvalue weighted by atomic mass is 9.86. The first kappa shape index (κ1) is 16.1. The maximum absolute atomic E-state index is 11.2. The molecule has 0 radical (unpaired) electrons. The highest BCUT2D eigenvalue weighted by Gasteiger charge is 2.20. The molecule has 120 valence electrons. The fraction of sp³-hybridized carbons (Fsp3) is 0.467. The molecule has 2 rings (SSSR count). The molecule has 1 saturated carbocycles. The summed E-state index contributed by atoms with van der Waals surface area (Å²) in [6, 6.07) is 3.41. The Hall–Kier alpha value is -2.28. The topological polar surface area (TPSA) is 115 Å². The highest BCUT2D eigenvalue weighted by molar-refractivity contribution is 5.94. The van der Waals surface area contributed by atoms with E-state index in [1.54, 1.807) is 19.1 Å². The molecular weight excluding hydrogens is 284 g/mol. The predicted octanol–water partition coefficient (Wildman–Crippen LogP) is 1.09. The Balaban J connectivity index is 2.20. The maximum Gasteiger partial charge on any atom is 0.355 e. The van der Waals surface area contributed by atoms with Crippen LogP contribution in [0.15, 0.2) is 17.8 Å². The number of hydrogen-bond donors (Lipinski definition) is 3. The van der Waals surface area contributed by atoms with Gasteiger partial charge in [-0.25, -0.2) is 15.6 Å². The van der Waals surface area contributed by atoms with Crippen LogP contribution in [0, 0.1) is 12.8 Å². The first-order chi connectivity index (χ1) is 10.4. The van der Waals surface area contributed by atoms with Gasteiger partial charge in [0.05, 0.1) is 23.7 Å². The number of pyridine rings is 1. The van der Waals surface area contributed by atoms with Crippen molar-refractivity contribution in [2.24, 2.45) is 17.5 Å². The molecule has 1 aliphatic carbocycles. The first-order valence-corrected chi connectivity index (χ1v) is 7.22. The van der Waals surface area contributed by atoms with Crippen molar-refractivity contribution in [2.45, 2.75) is 26.2 Å². The minimum absolute atomic E-state index is 0.0196. The molecule has 0 spiro atoms. The maximum atomic E-state index is 11.2. The number of carboxylic acids is 1. The lowest BCUT2D eigenvalue weighted by Crippen LogP contribution is -2.32. The summed E-state index contributed by atoms with van der Waals surface area (Å²) < 4.78 is 5.76. The average Bonchev–Trinajstić information content (AvgIpc) is 2.37. The minimum Gasteiger partial charge on any atom is -0.491 e. The van der Waals surface area contributed by atoms with Gasteiger partial charge in [-0.1, -0.05) is 6.42 Å². The number of carbonyl (C=O) groups is 1. The summed E-state index contributed by atoms with van der Waals surface area (Å²) in [6.07, 6.45) is 3.70. The number of aryl methyl sites for hydroxylation is 1. The molecule has 0 saturated heterocycles. The van der Waals surface area contributed by atoms with E-state index in [9.17, 15) is 4.79 Å². The van der Waals surface area contributed by atoms with Crippen LogP contribution in [0.25, 0.3) is 5.70 Å². The van der Waals surface area contributed by atoms with Crippen LogP contribution in [0.2, 0.25) is 0 Å². The summed E-state index contributed by atoms with van der Waals surface area (Å²) in [7, 11) is 1.42. The predicted molar refractivity (Wildman–Crippen MR) is 82.5 cm³/mol. The van der Waals surface area contributed by atoms with Gasteiger partial charge < -0.3 is 20.6 Å². The second-order valence-electron chi connectivity index (χ2n) is 5.57. The Labute approximate surface area is 129 Å². The standard InChI is InChI=1S/C15H22N4O3/c1-9-12(22-8-10-4-3-5-10)7-6-11(18-9)13(16)14(15(20)21)19(2)17/h6-7,10H,3-5,8,16-17H2,1-2H3,(H,20,21)/b14-13-. The number of rotatable bonds is 6. The summed E-state index contributed by atoms with van der Waals surface area (Å²) in [5.74, 6) is 5.64. The molecule has 5 N–H and O–H groups in total. The molecule has 0 amide bonds. The molecule has 1 heterocycles. The van der Waals surface area contributed by atoms with Crippen molar-refractivity contribution in [2.75, 3.05) is 13.7 Å². The second-order valence-corrected chi connectivity index (χ2v) is 5.57. The van der Waals surface area contributed by atoms with Crippen molar-refractivity contribution in [3.8, 4) is 5.75 Å². The summed E-state index contributed by atoms with van der Waals surface area (Å²) >= 11 is 0. The zero-order valence-corrected chi connectivity index (χ0v) is 12.9. The molecule has 1 aromatic rings. The van der Waals surface area contributed by atoms with E-state index < -0.39 is 5.97 Å². The van der Waals surface area contributed by atoms with Gasteiger partial charge >= 0.3 is 5.97 Å². The van der Waals surface area contributed by atoms with Crippen molar-refractivity contribution in [3.63, 3.8) is 0 Å². The van der Waals surface area contributed by atoms with Crippen LogP contribution >= 0.6 is 0 Å². The van der Waals surface area contributed by atoms with Crippen LogP contribution in [-0.4, -0.2) is 34.7 Å². The van der Waals surface area contributed by atoms with E-state index in [1.165, 1.54) is 26.3 Å². The number of nitrogens with two attached hydrogens (primary N) is 2. The monoisotopic (exact) mass is 306 g/mol. The van der Waals surface area contributed by atoms with Gasteiger partial charge in [0.25, 0.3) is 0 Å². The Bertz CT molecular complexity index is 594. The van der Waals surface area contributed by atoms with Crippen molar-refractivity contribution >= 4 is 11.7 Å². The van der Waals surface area contributed by atoms with Gasteiger partial charge in [-0.3, -0.25) is 0 Å². The molecule has 1 aromatic heterocycles. The average molecular weight is 306 g/mol. The Kier molecular flexibility index (Phi) is 4.87. The second kappa shape index (κ2) is 6.65. The molecular formula is C15H22N4O3. The first-order valence-electron chi connectivity index (χ1n) is 7.22. The normalized spacial score (nSPS) is 15.8. The Morgan fingerprint density at radius 2 is 2.18 bits per heavy atom. The molecule has 0 aliphatic heterocycles. The SMILES string of the molecule is Cc1nc(/C(N)=C(\C(=O)O)N(C)N)ccc1OCC1CCC1. The molecule has 1 aliphatic rings. The smallest absolute Gasteiger partial charge is 0.355 e. The van der Waals surface area contributed by atoms with Crippen LogP contribution in [0.4, 0.5) is 0 Å². The fourth-order valence-electron chi connectivity index (χ4n) is 2.30. The van der Waals surface area contributed by atoms with E-state index in [-0.39, 0.29) is 11.4 Å². The van der Waals surface area contributed by atoms with Gasteiger partial charge in [0.2, 0.25) is 0 Å². The fourth-order valence-corrected chi connectivity index (χ4v) is 2.30. The quantitative estimate of drug-likeness (QED) is 0.409. The number of ether oxygens (including phenoxy) is 1. The zero-order chi connectivity index (χ0) is 16.3. The summed E-state index contributed by atoms with van der Waals surface area (Å²) in [6.45, 7) is 2.50. The third-order valence-corrected chi connectivity index (χ3v) is 3.82. The highest BCUT2D eigenvalue weighted by Crippen LogP contribution is 2.28. The number of hydrogen-bond acceptors (Lipinski definition) is 6. The molecule has 0 aromatic carbocycles. The van der Waals surface area contributed by atoms with E-state index in [2.05, 4.69) is 4.98 Å². The summed E-state index contributed by atoms with van der Waals surface area (Å²) in [5.41, 5.74) is 6.74. The Morgan fingerprint density at radius 1 is 1.50 bits per heavy atom. The lowest BCUT2D eigenvalue weighted by molar-refractivity contribution is -0.134. The van der Waals surface area contributed by atoms with Crippen LogP contribution in [0.5, 0.6) is 5.75 Å². The van der Waals surface area contributed by atoms with Crippen molar-refractivity contribution in [1.82, 2.24) is 9.99 Å². The van der Waals surface area contributed by atoms with Gasteiger partial charge in [-0.2, -0.15) is 0 Å². The van der Waals surface area contributed by atoms with E-state index >= 15 is 0 Å². The number of hydrazine groups is 1. The van der Waals surface area contributed by atoms with Crippen LogP contribution < -0.4 is 16.3 Å². The van der Waals surface area contributed by atoms with Gasteiger partial charge in [0.15, 0.2) is 5.70 Å². The third kappa shape index (κ3) is 3.48. The van der Waals surface area contributed by atoms with Gasteiger partial charge in [-0.15, -0.1) is 0 Å². The number of aromatic nitrogens is 1. The van der Waals surface area contributed by atoms with E-state index in [4.69, 9.17) is 21.4 Å². The van der Waals surface area contributed by atoms with Crippen molar-refractivity contribution < 1.29 is 14.6 Å². The minimum atomic E-state index is -1.20. The molecule has 7 nitrogen and oxygen atoms in total. The third-order valence-electron chi connectivity index (χ3n) is 3.82. The molecule has 7 heteroatoms. The van der Waals surface area contributed by atoms with Crippen molar-refractivity contribution in [1.29, 1.82) is 0 Å². The van der Waals surface area contributed by atoms with E-state index in [0.29, 0.717) is 29.7 Å². The summed E-state index contributed by atoms with van der Waals surface area (Å²) in [5, 5.41) is 10.1. The molecule has 0 unspecified atom stereocenters. The van der Waals surface area contributed by atoms with Gasteiger partial charge in [0, 0.05) is 7.05 Å². The van der Waals surface area contributed by atoms with Gasteiger partial charge in [-0.05, 0) is 37.8 Å². The van der Waals surface area contributed by atoms with E-state index in [1.807, 2.05) is 0 Å². The van der Waals surface area contributed by atoms with Crippen molar-refractivity contribution in [3.05, 3.63) is 29.2 Å². The van der Waals surface area contributed by atoms with E-state index in [0.717, 1.165) is 5.01 Å². The lowest BCUT2D eigenvalue weighted by Gasteiger charge is -2.25. The van der Waals surface area contributed by atoms with Gasteiger partial charge in [0.1, 0.15) is 5.75 Å². The van der Waals surface area contributed by atoms with Crippen LogP contribution in [0.1, 0.15) is 30.7 Å². The zero-order valence-electron chi connectivity index (χ0n) is 12.9. The highest BCUT2D eigenvalue weighted by atomic mass is 16.5. The number of carboxylic acid groups (broad SMARTS) is 1. The number of likely N-dealkylation sites (N-methyl/N-ethyl adjacent to an activating group) is 1.